The van der Waals surface area contributed by atoms with Crippen molar-refractivity contribution in [3.63, 3.8) is 0 Å². The number of nitrogens with one attached hydrogen (secondary N) is 1. The molecule has 2 N–H and O–H groups in total. The molecule has 5 heteroatoms. The summed E-state index contributed by atoms with van der Waals surface area (Å²) < 4.78 is 5.18. The highest BCUT2D eigenvalue weighted by atomic mass is 16.5. The van der Waals surface area contributed by atoms with Gasteiger partial charge < -0.3 is 15.2 Å². The van der Waals surface area contributed by atoms with Crippen molar-refractivity contribution < 1.29 is 19.4 Å². The Kier molecular flexibility index (Phi) is 4.73. The zero-order chi connectivity index (χ0) is 12.1. The van der Waals surface area contributed by atoms with Crippen LogP contribution in [0.3, 0.4) is 0 Å². The quantitative estimate of drug-likeness (QED) is 0.741. The molecule has 0 aliphatic carbocycles. The number of hydrogen-bond donors (Lipinski definition) is 2. The van der Waals surface area contributed by atoms with E-state index in [2.05, 4.69) is 5.32 Å². The van der Waals surface area contributed by atoms with Crippen molar-refractivity contribution in [2.45, 2.75) is 32.7 Å². The Balaban J connectivity index is 2.41. The molecule has 0 aromatic rings. The Morgan fingerprint density at radius 2 is 1.81 bits per heavy atom. The van der Waals surface area contributed by atoms with E-state index in [4.69, 9.17) is 9.84 Å². The summed E-state index contributed by atoms with van der Waals surface area (Å²) in [5.41, 5.74) is 0. The van der Waals surface area contributed by atoms with Crippen molar-refractivity contribution in [1.82, 2.24) is 5.32 Å². The van der Waals surface area contributed by atoms with Gasteiger partial charge in [-0.3, -0.25) is 9.59 Å². The number of ether oxygens (including phenoxy) is 1. The molecule has 2 atom stereocenters. The minimum atomic E-state index is -0.936. The van der Waals surface area contributed by atoms with Crippen molar-refractivity contribution in [2.24, 2.45) is 11.8 Å². The van der Waals surface area contributed by atoms with Crippen LogP contribution in [-0.4, -0.2) is 36.2 Å². The van der Waals surface area contributed by atoms with E-state index in [0.29, 0.717) is 13.2 Å². The molecule has 1 heterocycles. The Morgan fingerprint density at radius 1 is 1.25 bits per heavy atom. The lowest BCUT2D eigenvalue weighted by molar-refractivity contribution is -0.146. The van der Waals surface area contributed by atoms with Gasteiger partial charge in [-0.2, -0.15) is 0 Å². The van der Waals surface area contributed by atoms with E-state index in [1.165, 1.54) is 0 Å². The van der Waals surface area contributed by atoms with Crippen LogP contribution in [0.2, 0.25) is 0 Å². The Labute approximate surface area is 95.2 Å². The molecule has 0 saturated carbocycles. The fourth-order valence-electron chi connectivity index (χ4n) is 1.62. The molecule has 0 aromatic heterocycles. The van der Waals surface area contributed by atoms with Crippen LogP contribution in [-0.2, 0) is 14.3 Å². The van der Waals surface area contributed by atoms with Gasteiger partial charge in [0.15, 0.2) is 0 Å². The third-order valence-electron chi connectivity index (χ3n) is 3.12. The number of rotatable bonds is 4. The third kappa shape index (κ3) is 3.48. The summed E-state index contributed by atoms with van der Waals surface area (Å²) in [6.07, 6.45) is 1.61. The zero-order valence-electron chi connectivity index (χ0n) is 9.73. The molecule has 2 unspecified atom stereocenters. The topological polar surface area (TPSA) is 75.6 Å². The molecular formula is C11H19NO4. The first-order valence-corrected chi connectivity index (χ1v) is 5.63. The van der Waals surface area contributed by atoms with E-state index in [-0.39, 0.29) is 11.9 Å². The van der Waals surface area contributed by atoms with Crippen molar-refractivity contribution in [3.8, 4) is 0 Å². The fourth-order valence-corrected chi connectivity index (χ4v) is 1.62. The van der Waals surface area contributed by atoms with Crippen LogP contribution in [0, 0.1) is 11.8 Å². The fraction of sp³-hybridized carbons (Fsp3) is 0.818. The largest absolute Gasteiger partial charge is 0.481 e. The summed E-state index contributed by atoms with van der Waals surface area (Å²) in [5.74, 6) is -2.27. The highest BCUT2D eigenvalue weighted by molar-refractivity contribution is 5.84. The van der Waals surface area contributed by atoms with Gasteiger partial charge in [0.1, 0.15) is 0 Å². The van der Waals surface area contributed by atoms with Crippen LogP contribution in [0.25, 0.3) is 0 Å². The summed E-state index contributed by atoms with van der Waals surface area (Å²) >= 11 is 0. The first-order chi connectivity index (χ1) is 7.52. The molecule has 0 spiro atoms. The van der Waals surface area contributed by atoms with Crippen molar-refractivity contribution in [2.75, 3.05) is 13.2 Å². The molecule has 1 fully saturated rings. The average Bonchev–Trinajstić information content (AvgIpc) is 2.28. The Bertz CT molecular complexity index is 261. The number of carbonyl (C=O) groups excluding carboxylic acids is 1. The van der Waals surface area contributed by atoms with Crippen molar-refractivity contribution in [3.05, 3.63) is 0 Å². The molecule has 1 aliphatic heterocycles. The highest BCUT2D eigenvalue weighted by Crippen LogP contribution is 2.13. The molecule has 1 saturated heterocycles. The van der Waals surface area contributed by atoms with Gasteiger partial charge in [0.2, 0.25) is 5.91 Å². The molecule has 16 heavy (non-hydrogen) atoms. The van der Waals surface area contributed by atoms with Gasteiger partial charge in [-0.1, -0.05) is 13.8 Å². The lowest BCUT2D eigenvalue weighted by Gasteiger charge is -2.25. The third-order valence-corrected chi connectivity index (χ3v) is 3.12. The second-order valence-corrected chi connectivity index (χ2v) is 4.31. The summed E-state index contributed by atoms with van der Waals surface area (Å²) in [6, 6.07) is 0.129. The van der Waals surface area contributed by atoms with Crippen molar-refractivity contribution in [1.29, 1.82) is 0 Å². The van der Waals surface area contributed by atoms with Crippen LogP contribution in [0.15, 0.2) is 0 Å². The van der Waals surface area contributed by atoms with Gasteiger partial charge in [0, 0.05) is 25.2 Å². The van der Waals surface area contributed by atoms with Crippen molar-refractivity contribution >= 4 is 11.9 Å². The van der Waals surface area contributed by atoms with E-state index in [1.807, 2.05) is 0 Å². The molecule has 0 aromatic carbocycles. The van der Waals surface area contributed by atoms with E-state index < -0.39 is 17.8 Å². The van der Waals surface area contributed by atoms with Gasteiger partial charge in [-0.15, -0.1) is 0 Å². The lowest BCUT2D eigenvalue weighted by Crippen LogP contribution is -2.43. The summed E-state index contributed by atoms with van der Waals surface area (Å²) in [6.45, 7) is 4.52. The van der Waals surface area contributed by atoms with Crippen LogP contribution in [0.4, 0.5) is 0 Å². The molecular weight excluding hydrogens is 210 g/mol. The normalized spacial score (nSPS) is 21.1. The predicted octanol–water partition coefficient (Wildman–Crippen LogP) is 0.638. The number of carboxylic acid groups (broad SMARTS) is 1. The molecule has 0 radical (unpaired) electrons. The Hall–Kier alpha value is -1.10. The van der Waals surface area contributed by atoms with E-state index in [1.54, 1.807) is 13.8 Å². The molecule has 92 valence electrons. The maximum atomic E-state index is 11.7. The second kappa shape index (κ2) is 5.84. The van der Waals surface area contributed by atoms with Crippen LogP contribution in [0.1, 0.15) is 26.7 Å². The summed E-state index contributed by atoms with van der Waals surface area (Å²) in [7, 11) is 0. The van der Waals surface area contributed by atoms with Crippen LogP contribution < -0.4 is 5.32 Å². The molecule has 1 rings (SSSR count). The van der Waals surface area contributed by atoms with Gasteiger partial charge in [0.05, 0.1) is 5.92 Å². The first-order valence-electron chi connectivity index (χ1n) is 5.63. The average molecular weight is 229 g/mol. The molecule has 1 aliphatic rings. The lowest BCUT2D eigenvalue weighted by atomic mass is 9.94. The SMILES string of the molecule is CC(C(=O)O)C(C)C(=O)NC1CCOCC1. The maximum Gasteiger partial charge on any atom is 0.307 e. The zero-order valence-corrected chi connectivity index (χ0v) is 9.73. The molecule has 5 nitrogen and oxygen atoms in total. The van der Waals surface area contributed by atoms with Crippen LogP contribution >= 0.6 is 0 Å². The maximum absolute atomic E-state index is 11.7. The molecule has 0 bridgehead atoms. The number of carboxylic acids is 1. The monoisotopic (exact) mass is 229 g/mol. The number of hydrogen-bond acceptors (Lipinski definition) is 3. The van der Waals surface area contributed by atoms with E-state index >= 15 is 0 Å². The smallest absolute Gasteiger partial charge is 0.307 e. The number of carbonyl (C=O) groups is 2. The highest BCUT2D eigenvalue weighted by Gasteiger charge is 2.27. The standard InChI is InChI=1S/C11H19NO4/c1-7(8(2)11(14)15)10(13)12-9-3-5-16-6-4-9/h7-9H,3-6H2,1-2H3,(H,12,13)(H,14,15). The van der Waals surface area contributed by atoms with Gasteiger partial charge in [0.25, 0.3) is 0 Å². The Morgan fingerprint density at radius 3 is 2.31 bits per heavy atom. The van der Waals surface area contributed by atoms with E-state index in [9.17, 15) is 9.59 Å². The van der Waals surface area contributed by atoms with Crippen LogP contribution in [0.5, 0.6) is 0 Å². The first kappa shape index (κ1) is 13.0. The summed E-state index contributed by atoms with van der Waals surface area (Å²) in [4.78, 5) is 22.5. The second-order valence-electron chi connectivity index (χ2n) is 4.31. The minimum Gasteiger partial charge on any atom is -0.481 e. The van der Waals surface area contributed by atoms with Gasteiger partial charge in [-0.05, 0) is 12.8 Å². The number of amides is 1. The summed E-state index contributed by atoms with van der Waals surface area (Å²) in [5, 5.41) is 11.7. The number of aliphatic carboxylic acids is 1. The molecule has 1 amide bonds. The predicted molar refractivity (Wildman–Crippen MR) is 57.9 cm³/mol. The van der Waals surface area contributed by atoms with Gasteiger partial charge in [-0.25, -0.2) is 0 Å². The minimum absolute atomic E-state index is 0.129. The van der Waals surface area contributed by atoms with E-state index in [0.717, 1.165) is 12.8 Å². The van der Waals surface area contributed by atoms with Gasteiger partial charge >= 0.3 is 5.97 Å².